The quantitative estimate of drug-likeness (QED) is 0.0412. The lowest BCUT2D eigenvalue weighted by Gasteiger charge is -2.11. The molecule has 0 fully saturated rings. The Balaban J connectivity index is 1.45. The highest BCUT2D eigenvalue weighted by atomic mass is 35.5. The Hall–Kier alpha value is -5.77. The van der Waals surface area contributed by atoms with Crippen LogP contribution in [-0.2, 0) is 0 Å². The van der Waals surface area contributed by atoms with E-state index < -0.39 is 11.8 Å². The van der Waals surface area contributed by atoms with E-state index in [1.807, 2.05) is 0 Å². The molecule has 0 aliphatic carbocycles. The van der Waals surface area contributed by atoms with Gasteiger partial charge in [-0.15, -0.1) is 0 Å². The van der Waals surface area contributed by atoms with E-state index in [-0.39, 0.29) is 56.9 Å². The van der Waals surface area contributed by atoms with Crippen molar-refractivity contribution in [3.05, 3.63) is 21.7 Å². The third-order valence-corrected chi connectivity index (χ3v) is 7.78. The molecule has 0 bridgehead atoms. The molecular formula is C30H48Cl2N20O2. The van der Waals surface area contributed by atoms with E-state index in [0.717, 1.165) is 19.4 Å². The van der Waals surface area contributed by atoms with Crippen LogP contribution in [0.2, 0.25) is 10.3 Å². The Morgan fingerprint density at radius 2 is 0.907 bits per heavy atom. The molecule has 0 saturated carbocycles. The van der Waals surface area contributed by atoms with Gasteiger partial charge in [-0.05, 0) is 32.1 Å². The van der Waals surface area contributed by atoms with Crippen LogP contribution in [-0.4, -0.2) is 91.3 Å². The number of halogens is 2. The molecule has 17 N–H and O–H groups in total. The van der Waals surface area contributed by atoms with Gasteiger partial charge in [0.05, 0.1) is 0 Å². The van der Waals surface area contributed by atoms with E-state index in [0.29, 0.717) is 69.7 Å². The van der Waals surface area contributed by atoms with Crippen LogP contribution in [0.3, 0.4) is 0 Å². The van der Waals surface area contributed by atoms with Gasteiger partial charge >= 0.3 is 0 Å². The number of carbonyl (C=O) groups excluding carboxylic acids is 2. The number of nitrogens with one attached hydrogen (secondary N) is 5. The number of hydrogen-bond donors (Lipinski definition) is 11. The zero-order valence-electron chi connectivity index (χ0n) is 30.0. The Morgan fingerprint density at radius 3 is 1.30 bits per heavy atom. The first kappa shape index (κ1) is 42.6. The number of hydrogen-bond acceptors (Lipinski definition) is 18. The summed E-state index contributed by atoms with van der Waals surface area (Å²) in [5.74, 6) is -0.930. The van der Waals surface area contributed by atoms with Gasteiger partial charge < -0.3 is 50.4 Å². The summed E-state index contributed by atoms with van der Waals surface area (Å²) in [6.45, 7) is 4.67. The van der Waals surface area contributed by atoms with E-state index in [4.69, 9.17) is 57.6 Å². The van der Waals surface area contributed by atoms with Crippen molar-refractivity contribution in [3.8, 4) is 0 Å². The molecule has 0 aliphatic heterocycles. The number of aliphatic imine (C=N–C) groups is 2. The molecular weight excluding hydrogens is 743 g/mol. The molecule has 24 heteroatoms. The van der Waals surface area contributed by atoms with Gasteiger partial charge in [-0.25, -0.2) is 19.9 Å². The van der Waals surface area contributed by atoms with Crippen LogP contribution >= 0.6 is 23.2 Å². The number of nitrogens with zero attached hydrogens (tertiary/aromatic N) is 9. The van der Waals surface area contributed by atoms with Gasteiger partial charge in [-0.1, -0.05) is 55.8 Å². The fourth-order valence-corrected chi connectivity index (χ4v) is 4.72. The summed E-state index contributed by atoms with van der Waals surface area (Å²) >= 11 is 11.7. The van der Waals surface area contributed by atoms with Crippen LogP contribution in [0.1, 0.15) is 85.7 Å². The minimum Gasteiger partial charge on any atom is -0.382 e. The second kappa shape index (κ2) is 22.3. The van der Waals surface area contributed by atoms with Crippen LogP contribution in [0.4, 0.5) is 41.1 Å². The molecule has 0 aromatic carbocycles. The number of rotatable bonds is 21. The molecule has 22 nitrogen and oxygen atoms in total. The van der Waals surface area contributed by atoms with Crippen molar-refractivity contribution in [1.29, 1.82) is 0 Å². The number of nitrogens with two attached hydrogens (primary N) is 6. The van der Waals surface area contributed by atoms with Crippen molar-refractivity contribution in [2.45, 2.75) is 64.7 Å². The van der Waals surface area contributed by atoms with Crippen LogP contribution < -0.4 is 61.0 Å². The fraction of sp³-hybridized carbons (Fsp3) is 0.500. The summed E-state index contributed by atoms with van der Waals surface area (Å²) in [7, 11) is 0. The van der Waals surface area contributed by atoms with Gasteiger partial charge in [0, 0.05) is 32.7 Å². The van der Waals surface area contributed by atoms with Crippen molar-refractivity contribution in [1.82, 2.24) is 45.5 Å². The largest absolute Gasteiger partial charge is 0.382 e. The van der Waals surface area contributed by atoms with Gasteiger partial charge in [-0.3, -0.25) is 30.2 Å². The summed E-state index contributed by atoms with van der Waals surface area (Å²) < 4.78 is 0. The van der Waals surface area contributed by atoms with E-state index in [1.165, 1.54) is 19.3 Å². The van der Waals surface area contributed by atoms with E-state index >= 15 is 0 Å². The Kier molecular flexibility index (Phi) is 17.6. The van der Waals surface area contributed by atoms with E-state index in [2.05, 4.69) is 78.4 Å². The predicted molar refractivity (Wildman–Crippen MR) is 212 cm³/mol. The van der Waals surface area contributed by atoms with Gasteiger partial charge in [0.2, 0.25) is 17.8 Å². The van der Waals surface area contributed by atoms with E-state index in [9.17, 15) is 9.59 Å². The number of guanidine groups is 2. The van der Waals surface area contributed by atoms with Gasteiger partial charge in [0.1, 0.15) is 0 Å². The first-order valence-corrected chi connectivity index (χ1v) is 18.0. The maximum Gasteiger partial charge on any atom is 0.280 e. The predicted octanol–water partition coefficient (Wildman–Crippen LogP) is 1.34. The highest BCUT2D eigenvalue weighted by Crippen LogP contribution is 2.18. The zero-order valence-corrected chi connectivity index (χ0v) is 31.5. The van der Waals surface area contributed by atoms with Crippen molar-refractivity contribution >= 4 is 88.1 Å². The third kappa shape index (κ3) is 14.7. The normalized spacial score (nSPS) is 11.6. The molecule has 3 rings (SSSR count). The maximum absolute atomic E-state index is 12.4. The van der Waals surface area contributed by atoms with Crippen LogP contribution in [0.5, 0.6) is 0 Å². The number of nitrogen functional groups attached to an aromatic ring is 4. The van der Waals surface area contributed by atoms with Crippen molar-refractivity contribution < 1.29 is 9.59 Å². The second-order valence-corrected chi connectivity index (χ2v) is 12.3. The fourth-order valence-electron chi connectivity index (χ4n) is 4.46. The van der Waals surface area contributed by atoms with Crippen molar-refractivity contribution in [2.24, 2.45) is 21.5 Å². The van der Waals surface area contributed by atoms with Crippen molar-refractivity contribution in [2.75, 3.05) is 71.6 Å². The Labute approximate surface area is 322 Å². The summed E-state index contributed by atoms with van der Waals surface area (Å²) in [4.78, 5) is 61.9. The smallest absolute Gasteiger partial charge is 0.280 e. The van der Waals surface area contributed by atoms with Gasteiger partial charge in [-0.2, -0.15) is 15.0 Å². The van der Waals surface area contributed by atoms with Crippen LogP contribution in [0.15, 0.2) is 9.98 Å². The maximum atomic E-state index is 12.4. The molecule has 54 heavy (non-hydrogen) atoms. The van der Waals surface area contributed by atoms with E-state index in [1.54, 1.807) is 0 Å². The molecule has 0 unspecified atom stereocenters. The molecule has 0 saturated heterocycles. The highest BCUT2D eigenvalue weighted by Gasteiger charge is 2.18. The Morgan fingerprint density at radius 1 is 0.537 bits per heavy atom. The van der Waals surface area contributed by atoms with Crippen molar-refractivity contribution in [3.63, 3.8) is 0 Å². The summed E-state index contributed by atoms with van der Waals surface area (Å²) in [6.07, 6.45) is 8.36. The van der Waals surface area contributed by atoms with Gasteiger partial charge in [0.25, 0.3) is 11.8 Å². The lowest BCUT2D eigenvalue weighted by atomic mass is 10.1. The molecule has 3 aromatic heterocycles. The lowest BCUT2D eigenvalue weighted by Crippen LogP contribution is -2.38. The third-order valence-electron chi connectivity index (χ3n) is 7.22. The molecule has 3 heterocycles. The number of aromatic nitrogens is 7. The molecule has 3 aromatic rings. The molecule has 294 valence electrons. The summed E-state index contributed by atoms with van der Waals surface area (Å²) in [5, 5.41) is 14.2. The average Bonchev–Trinajstić information content (AvgIpc) is 3.12. The average molecular weight is 792 g/mol. The first-order valence-electron chi connectivity index (χ1n) is 17.2. The molecule has 0 aliphatic rings. The molecule has 0 atom stereocenters. The lowest BCUT2D eigenvalue weighted by molar-refractivity contribution is 0.0964. The topological polar surface area (TPSA) is 365 Å². The number of amides is 2. The molecule has 0 spiro atoms. The van der Waals surface area contributed by atoms with Crippen LogP contribution in [0.25, 0.3) is 0 Å². The number of anilines is 7. The van der Waals surface area contributed by atoms with Gasteiger partial charge in [0.15, 0.2) is 56.9 Å². The first-order chi connectivity index (χ1) is 25.9. The number of unbranched alkanes of at least 4 members (excludes halogenated alkanes) is 6. The zero-order chi connectivity index (χ0) is 39.5. The monoisotopic (exact) mass is 790 g/mol. The summed E-state index contributed by atoms with van der Waals surface area (Å²) in [5.41, 5.74) is 33.8. The Bertz CT molecular complexity index is 1660. The minimum atomic E-state index is -0.710. The minimum absolute atomic E-state index is 0.0896. The second-order valence-electron chi connectivity index (χ2n) is 11.6. The van der Waals surface area contributed by atoms with Crippen LogP contribution in [0, 0.1) is 0 Å². The standard InChI is InChI=1S/C30H48Cl2N20O2/c1-2-3-4-5-6-13-41-28-50-29(42-14-9-7-11-39-26(37)48-24(53)16-20(33)46-22(35)18(31)44-16)52-30(51-28)43-15-10-8-12-40-27(38)49-25(54)17-21(34)47-23(36)19(32)45-17/h2-15H2,1H3,(H4,33,35,46)(H4,34,36,47)(H3,37,39,48,53)(H3,38,40,49,54)(H3,41,42,43,50,51,52). The molecule has 2 amide bonds. The molecule has 0 radical (unpaired) electrons. The number of carbonyl (C=O) groups is 2. The SMILES string of the molecule is CCCCCCCNc1nc(NCCCCN=C(N)NC(=O)c2nc(Cl)c(N)nc2N)nc(NCCCCN=C(N)NC(=O)c2nc(Cl)c(N)nc2N)n1. The summed E-state index contributed by atoms with van der Waals surface area (Å²) in [6, 6.07) is 0. The highest BCUT2D eigenvalue weighted by molar-refractivity contribution is 6.32.